The van der Waals surface area contributed by atoms with Gasteiger partial charge in [-0.3, -0.25) is 4.79 Å². The van der Waals surface area contributed by atoms with Gasteiger partial charge in [0, 0.05) is 30.9 Å². The fraction of sp³-hybridized carbons (Fsp3) is 0.435. The van der Waals surface area contributed by atoms with Crippen LogP contribution in [0.3, 0.4) is 0 Å². The van der Waals surface area contributed by atoms with E-state index in [-0.39, 0.29) is 5.91 Å². The monoisotopic (exact) mass is 363 g/mol. The van der Waals surface area contributed by atoms with Gasteiger partial charge in [-0.1, -0.05) is 36.4 Å². The summed E-state index contributed by atoms with van der Waals surface area (Å²) in [6, 6.07) is 16.7. The number of aryl methyl sites for hydroxylation is 1. The van der Waals surface area contributed by atoms with Crippen LogP contribution in [-0.2, 0) is 12.8 Å². The highest BCUT2D eigenvalue weighted by Crippen LogP contribution is 2.26. The quantitative estimate of drug-likeness (QED) is 0.829. The van der Waals surface area contributed by atoms with Crippen LogP contribution < -0.4 is 15.5 Å². The summed E-state index contributed by atoms with van der Waals surface area (Å²) in [5.41, 5.74) is 4.76. The van der Waals surface area contributed by atoms with Crippen molar-refractivity contribution in [2.45, 2.75) is 25.7 Å². The first-order chi connectivity index (χ1) is 13.3. The Labute approximate surface area is 162 Å². The molecule has 4 rings (SSSR count). The van der Waals surface area contributed by atoms with Crippen molar-refractivity contribution < 1.29 is 4.79 Å². The summed E-state index contributed by atoms with van der Waals surface area (Å²) in [5.74, 6) is 0.700. The summed E-state index contributed by atoms with van der Waals surface area (Å²) in [7, 11) is 0. The summed E-state index contributed by atoms with van der Waals surface area (Å²) < 4.78 is 0. The minimum atomic E-state index is 0.0573. The van der Waals surface area contributed by atoms with Gasteiger partial charge in [0.1, 0.15) is 0 Å². The van der Waals surface area contributed by atoms with E-state index in [1.165, 1.54) is 29.7 Å². The van der Waals surface area contributed by atoms with Crippen LogP contribution in [0.4, 0.5) is 5.69 Å². The van der Waals surface area contributed by atoms with Crippen molar-refractivity contribution >= 4 is 11.6 Å². The molecule has 0 spiro atoms. The molecule has 1 unspecified atom stereocenters. The highest BCUT2D eigenvalue weighted by molar-refractivity contribution is 5.95. The van der Waals surface area contributed by atoms with Crippen molar-refractivity contribution in [1.82, 2.24) is 10.6 Å². The highest BCUT2D eigenvalue weighted by Gasteiger charge is 2.19. The second kappa shape index (κ2) is 8.57. The molecule has 1 fully saturated rings. The molecule has 1 amide bonds. The van der Waals surface area contributed by atoms with Crippen LogP contribution in [0, 0.1) is 5.92 Å². The zero-order chi connectivity index (χ0) is 18.5. The number of carbonyl (C=O) groups excluding carboxylic acids is 1. The second-order valence-electron chi connectivity index (χ2n) is 7.70. The molecule has 0 aromatic heterocycles. The van der Waals surface area contributed by atoms with E-state index in [0.29, 0.717) is 12.5 Å². The van der Waals surface area contributed by atoms with Crippen LogP contribution in [0.25, 0.3) is 0 Å². The first-order valence-corrected chi connectivity index (χ1v) is 10.2. The van der Waals surface area contributed by atoms with Gasteiger partial charge >= 0.3 is 0 Å². The molecular formula is C23H29N3O. The molecule has 142 valence electrons. The molecule has 0 saturated carbocycles. The Bertz CT molecular complexity index is 783. The number of anilines is 1. The van der Waals surface area contributed by atoms with Crippen molar-refractivity contribution in [2.24, 2.45) is 5.92 Å². The lowest BCUT2D eigenvalue weighted by atomic mass is 9.94. The van der Waals surface area contributed by atoms with E-state index in [2.05, 4.69) is 45.9 Å². The lowest BCUT2D eigenvalue weighted by molar-refractivity contribution is 0.0953. The van der Waals surface area contributed by atoms with Gasteiger partial charge in [0.25, 0.3) is 5.91 Å². The fourth-order valence-electron chi connectivity index (χ4n) is 4.36. The average Bonchev–Trinajstić information content (AvgIpc) is 3.21. The van der Waals surface area contributed by atoms with Crippen LogP contribution in [0.5, 0.6) is 0 Å². The summed E-state index contributed by atoms with van der Waals surface area (Å²) in [6.45, 7) is 4.75. The third kappa shape index (κ3) is 4.33. The van der Waals surface area contributed by atoms with E-state index in [1.807, 2.05) is 18.2 Å². The maximum absolute atomic E-state index is 12.8. The van der Waals surface area contributed by atoms with E-state index < -0.39 is 0 Å². The smallest absolute Gasteiger partial charge is 0.251 e. The summed E-state index contributed by atoms with van der Waals surface area (Å²) >= 11 is 0. The van der Waals surface area contributed by atoms with Gasteiger partial charge in [0.15, 0.2) is 0 Å². The predicted molar refractivity (Wildman–Crippen MR) is 110 cm³/mol. The molecule has 4 heteroatoms. The summed E-state index contributed by atoms with van der Waals surface area (Å²) in [4.78, 5) is 15.2. The molecule has 2 N–H and O–H groups in total. The Morgan fingerprint density at radius 1 is 1.15 bits per heavy atom. The van der Waals surface area contributed by atoms with E-state index in [4.69, 9.17) is 0 Å². The number of amides is 1. The van der Waals surface area contributed by atoms with Crippen LogP contribution in [0.2, 0.25) is 0 Å². The summed E-state index contributed by atoms with van der Waals surface area (Å²) in [6.07, 6.45) is 4.52. The van der Waals surface area contributed by atoms with Gasteiger partial charge in [-0.25, -0.2) is 0 Å². The van der Waals surface area contributed by atoms with Crippen molar-refractivity contribution in [2.75, 3.05) is 37.6 Å². The molecule has 0 aliphatic carbocycles. The lowest BCUT2D eigenvalue weighted by Crippen LogP contribution is -2.37. The van der Waals surface area contributed by atoms with Crippen LogP contribution in [0.1, 0.15) is 34.3 Å². The van der Waals surface area contributed by atoms with Gasteiger partial charge in [0.2, 0.25) is 0 Å². The van der Waals surface area contributed by atoms with Crippen LogP contribution in [-0.4, -0.2) is 38.6 Å². The highest BCUT2D eigenvalue weighted by atomic mass is 16.1. The predicted octanol–water partition coefficient (Wildman–Crippen LogP) is 3.02. The van der Waals surface area contributed by atoms with E-state index in [0.717, 1.165) is 44.6 Å². The van der Waals surface area contributed by atoms with Crippen molar-refractivity contribution in [1.29, 1.82) is 0 Å². The molecule has 2 aliphatic rings. The zero-order valence-electron chi connectivity index (χ0n) is 15.9. The van der Waals surface area contributed by atoms with Crippen molar-refractivity contribution in [3.8, 4) is 0 Å². The molecule has 0 bridgehead atoms. The number of carbonyl (C=O) groups is 1. The lowest BCUT2D eigenvalue weighted by Gasteiger charge is -2.31. The molecule has 2 aromatic carbocycles. The first-order valence-electron chi connectivity index (χ1n) is 10.2. The molecule has 27 heavy (non-hydrogen) atoms. The normalized spacial score (nSPS) is 19.0. The third-order valence-corrected chi connectivity index (χ3v) is 5.81. The van der Waals surface area contributed by atoms with E-state index in [9.17, 15) is 4.79 Å². The zero-order valence-corrected chi connectivity index (χ0v) is 15.9. The summed E-state index contributed by atoms with van der Waals surface area (Å²) in [5, 5.41) is 6.56. The molecule has 1 atom stereocenters. The molecule has 2 aromatic rings. The Morgan fingerprint density at radius 3 is 2.89 bits per heavy atom. The average molecular weight is 364 g/mol. The van der Waals surface area contributed by atoms with Gasteiger partial charge < -0.3 is 15.5 Å². The molecule has 0 radical (unpaired) electrons. The SMILES string of the molecule is O=C(NCCN1CCCc2ccccc21)c1ccccc1CC1CCNC1. The van der Waals surface area contributed by atoms with Gasteiger partial charge in [-0.15, -0.1) is 0 Å². The van der Waals surface area contributed by atoms with Gasteiger partial charge in [-0.05, 0) is 68.0 Å². The Balaban J connectivity index is 1.35. The number of hydrogen-bond acceptors (Lipinski definition) is 3. The molecule has 2 aliphatic heterocycles. The maximum Gasteiger partial charge on any atom is 0.251 e. The first kappa shape index (κ1) is 18.1. The standard InChI is InChI=1S/C23H29N3O/c27-23(21-9-3-1-7-20(21)16-18-11-12-24-17-18)25-13-15-26-14-5-8-19-6-2-4-10-22(19)26/h1-4,6-7,9-10,18,24H,5,8,11-17H2,(H,25,27). The second-order valence-corrected chi connectivity index (χ2v) is 7.70. The molecule has 4 nitrogen and oxygen atoms in total. The molecule has 2 heterocycles. The van der Waals surface area contributed by atoms with Crippen LogP contribution in [0.15, 0.2) is 48.5 Å². The number of fused-ring (bicyclic) bond motifs is 1. The number of nitrogens with one attached hydrogen (secondary N) is 2. The number of benzene rings is 2. The van der Waals surface area contributed by atoms with Gasteiger partial charge in [-0.2, -0.15) is 0 Å². The number of rotatable bonds is 6. The van der Waals surface area contributed by atoms with E-state index >= 15 is 0 Å². The minimum absolute atomic E-state index is 0.0573. The largest absolute Gasteiger partial charge is 0.370 e. The number of hydrogen-bond donors (Lipinski definition) is 2. The Kier molecular flexibility index (Phi) is 5.73. The van der Waals surface area contributed by atoms with Crippen molar-refractivity contribution in [3.63, 3.8) is 0 Å². The Hall–Kier alpha value is -2.33. The minimum Gasteiger partial charge on any atom is -0.370 e. The number of nitrogens with zero attached hydrogens (tertiary/aromatic N) is 1. The molecule has 1 saturated heterocycles. The molecular weight excluding hydrogens is 334 g/mol. The van der Waals surface area contributed by atoms with Crippen molar-refractivity contribution in [3.05, 3.63) is 65.2 Å². The van der Waals surface area contributed by atoms with Gasteiger partial charge in [0.05, 0.1) is 0 Å². The van der Waals surface area contributed by atoms with E-state index in [1.54, 1.807) is 0 Å². The van der Waals surface area contributed by atoms with Crippen LogP contribution >= 0.6 is 0 Å². The topological polar surface area (TPSA) is 44.4 Å². The third-order valence-electron chi connectivity index (χ3n) is 5.81. The Morgan fingerprint density at radius 2 is 2.00 bits per heavy atom. The number of para-hydroxylation sites is 1. The maximum atomic E-state index is 12.8. The fourth-order valence-corrected chi connectivity index (χ4v) is 4.36.